The number of methoxy groups -OCH3 is 2. The topological polar surface area (TPSA) is 65.4 Å². The first-order valence-electron chi connectivity index (χ1n) is 8.58. The monoisotopic (exact) mass is 353 g/mol. The number of amides is 1. The van der Waals surface area contributed by atoms with Gasteiger partial charge in [-0.3, -0.25) is 4.79 Å². The fourth-order valence-corrected chi connectivity index (χ4v) is 3.01. The Bertz CT molecular complexity index is 918. The van der Waals surface area contributed by atoms with Gasteiger partial charge in [-0.1, -0.05) is 18.2 Å². The van der Waals surface area contributed by atoms with Crippen LogP contribution in [-0.4, -0.2) is 36.2 Å². The standard InChI is InChI=1S/C20H23N3O3/c1-4-21-20(24)13-23-16-8-6-5-7-15(16)22-19(23)12-14-9-10-17(25-2)18(11-14)26-3/h5-11H,4,12-13H2,1-3H3,(H,21,24). The van der Waals surface area contributed by atoms with Gasteiger partial charge in [-0.15, -0.1) is 0 Å². The molecule has 0 aliphatic heterocycles. The predicted molar refractivity (Wildman–Crippen MR) is 101 cm³/mol. The zero-order chi connectivity index (χ0) is 18.5. The number of ether oxygens (including phenoxy) is 2. The fraction of sp³-hybridized carbons (Fsp3) is 0.300. The van der Waals surface area contributed by atoms with Gasteiger partial charge in [-0.2, -0.15) is 0 Å². The van der Waals surface area contributed by atoms with Crippen LogP contribution in [0.5, 0.6) is 11.5 Å². The van der Waals surface area contributed by atoms with Crippen LogP contribution in [0.3, 0.4) is 0 Å². The van der Waals surface area contributed by atoms with Crippen molar-refractivity contribution in [3.8, 4) is 11.5 Å². The Morgan fingerprint density at radius 3 is 2.62 bits per heavy atom. The first-order chi connectivity index (χ1) is 12.7. The van der Waals surface area contributed by atoms with E-state index in [1.807, 2.05) is 54.0 Å². The average Bonchev–Trinajstić information content (AvgIpc) is 2.99. The number of hydrogen-bond acceptors (Lipinski definition) is 4. The van der Waals surface area contributed by atoms with Crippen molar-refractivity contribution in [3.05, 3.63) is 53.9 Å². The molecule has 1 amide bonds. The molecule has 26 heavy (non-hydrogen) atoms. The molecular formula is C20H23N3O3. The van der Waals surface area contributed by atoms with Crippen molar-refractivity contribution in [1.29, 1.82) is 0 Å². The number of hydrogen-bond donors (Lipinski definition) is 1. The lowest BCUT2D eigenvalue weighted by Crippen LogP contribution is -2.27. The minimum atomic E-state index is -0.0239. The fourth-order valence-electron chi connectivity index (χ4n) is 3.01. The molecule has 136 valence electrons. The van der Waals surface area contributed by atoms with Crippen molar-refractivity contribution in [1.82, 2.24) is 14.9 Å². The summed E-state index contributed by atoms with van der Waals surface area (Å²) < 4.78 is 12.6. The van der Waals surface area contributed by atoms with Gasteiger partial charge in [0.2, 0.25) is 5.91 Å². The molecule has 0 spiro atoms. The van der Waals surface area contributed by atoms with E-state index >= 15 is 0 Å². The number of carbonyl (C=O) groups is 1. The highest BCUT2D eigenvalue weighted by molar-refractivity contribution is 5.81. The van der Waals surface area contributed by atoms with Crippen molar-refractivity contribution in [2.45, 2.75) is 19.9 Å². The van der Waals surface area contributed by atoms with E-state index in [0.717, 1.165) is 22.4 Å². The molecule has 6 heteroatoms. The zero-order valence-electron chi connectivity index (χ0n) is 15.3. The normalized spacial score (nSPS) is 10.7. The quantitative estimate of drug-likeness (QED) is 0.709. The smallest absolute Gasteiger partial charge is 0.239 e. The van der Waals surface area contributed by atoms with Crippen LogP contribution >= 0.6 is 0 Å². The number of nitrogens with one attached hydrogen (secondary N) is 1. The van der Waals surface area contributed by atoms with Crippen molar-refractivity contribution < 1.29 is 14.3 Å². The van der Waals surface area contributed by atoms with Crippen LogP contribution in [0.4, 0.5) is 0 Å². The maximum absolute atomic E-state index is 12.1. The highest BCUT2D eigenvalue weighted by Crippen LogP contribution is 2.29. The molecule has 1 aromatic heterocycles. The van der Waals surface area contributed by atoms with Crippen LogP contribution in [0.25, 0.3) is 11.0 Å². The molecule has 1 heterocycles. The van der Waals surface area contributed by atoms with E-state index in [-0.39, 0.29) is 12.5 Å². The average molecular weight is 353 g/mol. The molecule has 0 aliphatic rings. The summed E-state index contributed by atoms with van der Waals surface area (Å²) in [6.07, 6.45) is 0.592. The lowest BCUT2D eigenvalue weighted by Gasteiger charge is -2.11. The van der Waals surface area contributed by atoms with Gasteiger partial charge in [0, 0.05) is 13.0 Å². The van der Waals surface area contributed by atoms with Gasteiger partial charge in [0.15, 0.2) is 11.5 Å². The van der Waals surface area contributed by atoms with E-state index in [2.05, 4.69) is 5.32 Å². The lowest BCUT2D eigenvalue weighted by molar-refractivity contribution is -0.121. The summed E-state index contributed by atoms with van der Waals surface area (Å²) in [7, 11) is 3.23. The van der Waals surface area contributed by atoms with E-state index in [9.17, 15) is 4.79 Å². The van der Waals surface area contributed by atoms with E-state index in [1.165, 1.54) is 0 Å². The number of likely N-dealkylation sites (N-methyl/N-ethyl adjacent to an activating group) is 1. The molecule has 6 nitrogen and oxygen atoms in total. The maximum Gasteiger partial charge on any atom is 0.239 e. The van der Waals surface area contributed by atoms with Crippen LogP contribution < -0.4 is 14.8 Å². The van der Waals surface area contributed by atoms with E-state index in [0.29, 0.717) is 24.5 Å². The van der Waals surface area contributed by atoms with Crippen LogP contribution in [-0.2, 0) is 17.8 Å². The Hall–Kier alpha value is -3.02. The SMILES string of the molecule is CCNC(=O)Cn1c(Cc2ccc(OC)c(OC)c2)nc2ccccc21. The largest absolute Gasteiger partial charge is 0.493 e. The third kappa shape index (κ3) is 3.64. The Labute approximate surface area is 152 Å². The summed E-state index contributed by atoms with van der Waals surface area (Å²) in [5.74, 6) is 2.18. The van der Waals surface area contributed by atoms with Crippen LogP contribution in [0.2, 0.25) is 0 Å². The second-order valence-electron chi connectivity index (χ2n) is 5.92. The molecule has 0 saturated carbocycles. The van der Waals surface area contributed by atoms with E-state index < -0.39 is 0 Å². The summed E-state index contributed by atoms with van der Waals surface area (Å²) in [5, 5.41) is 2.85. The molecule has 0 atom stereocenters. The number of benzene rings is 2. The summed E-state index contributed by atoms with van der Waals surface area (Å²) in [4.78, 5) is 16.9. The summed E-state index contributed by atoms with van der Waals surface area (Å²) in [6, 6.07) is 13.7. The maximum atomic E-state index is 12.1. The molecule has 3 aromatic rings. The van der Waals surface area contributed by atoms with Gasteiger partial charge in [0.25, 0.3) is 0 Å². The number of rotatable bonds is 7. The van der Waals surface area contributed by atoms with Crippen LogP contribution in [0, 0.1) is 0 Å². The van der Waals surface area contributed by atoms with Gasteiger partial charge < -0.3 is 19.4 Å². The van der Waals surface area contributed by atoms with Gasteiger partial charge in [-0.25, -0.2) is 4.98 Å². The number of imidazole rings is 1. The van der Waals surface area contributed by atoms with Gasteiger partial charge in [0.1, 0.15) is 12.4 Å². The first kappa shape index (κ1) is 17.8. The number of aromatic nitrogens is 2. The highest BCUT2D eigenvalue weighted by Gasteiger charge is 2.14. The van der Waals surface area contributed by atoms with Gasteiger partial charge in [-0.05, 0) is 36.8 Å². The van der Waals surface area contributed by atoms with E-state index in [1.54, 1.807) is 14.2 Å². The van der Waals surface area contributed by atoms with Gasteiger partial charge in [0.05, 0.1) is 25.3 Å². The Morgan fingerprint density at radius 2 is 1.88 bits per heavy atom. The predicted octanol–water partition coefficient (Wildman–Crippen LogP) is 2.78. The van der Waals surface area contributed by atoms with Crippen molar-refractivity contribution in [2.24, 2.45) is 0 Å². The summed E-state index contributed by atoms with van der Waals surface area (Å²) in [6.45, 7) is 2.77. The Balaban J connectivity index is 1.97. The van der Waals surface area contributed by atoms with Crippen LogP contribution in [0.15, 0.2) is 42.5 Å². The van der Waals surface area contributed by atoms with Crippen molar-refractivity contribution >= 4 is 16.9 Å². The minimum Gasteiger partial charge on any atom is -0.493 e. The van der Waals surface area contributed by atoms with Gasteiger partial charge >= 0.3 is 0 Å². The number of para-hydroxylation sites is 2. The van der Waals surface area contributed by atoms with Crippen molar-refractivity contribution in [2.75, 3.05) is 20.8 Å². The zero-order valence-corrected chi connectivity index (χ0v) is 15.3. The number of carbonyl (C=O) groups excluding carboxylic acids is 1. The molecule has 2 aromatic carbocycles. The molecule has 0 radical (unpaired) electrons. The van der Waals surface area contributed by atoms with Crippen LogP contribution in [0.1, 0.15) is 18.3 Å². The Kier molecular flexibility index (Phi) is 5.41. The third-order valence-electron chi connectivity index (χ3n) is 4.22. The summed E-state index contributed by atoms with van der Waals surface area (Å²) in [5.41, 5.74) is 2.87. The first-order valence-corrected chi connectivity index (χ1v) is 8.58. The highest BCUT2D eigenvalue weighted by atomic mass is 16.5. The number of fused-ring (bicyclic) bond motifs is 1. The lowest BCUT2D eigenvalue weighted by atomic mass is 10.1. The molecule has 0 bridgehead atoms. The number of nitrogens with zero attached hydrogens (tertiary/aromatic N) is 2. The second-order valence-corrected chi connectivity index (χ2v) is 5.92. The molecule has 1 N–H and O–H groups in total. The Morgan fingerprint density at radius 1 is 1.12 bits per heavy atom. The third-order valence-corrected chi connectivity index (χ3v) is 4.22. The van der Waals surface area contributed by atoms with E-state index in [4.69, 9.17) is 14.5 Å². The minimum absolute atomic E-state index is 0.0239. The summed E-state index contributed by atoms with van der Waals surface area (Å²) >= 11 is 0. The molecular weight excluding hydrogens is 330 g/mol. The molecule has 0 unspecified atom stereocenters. The molecule has 3 rings (SSSR count). The van der Waals surface area contributed by atoms with Crippen molar-refractivity contribution in [3.63, 3.8) is 0 Å². The molecule has 0 saturated heterocycles. The second kappa shape index (κ2) is 7.91. The molecule has 0 fully saturated rings. The molecule has 0 aliphatic carbocycles.